The summed E-state index contributed by atoms with van der Waals surface area (Å²) in [6, 6.07) is 9.28. The fraction of sp³-hybridized carbons (Fsp3) is 0.538. The van der Waals surface area contributed by atoms with Gasteiger partial charge in [-0.2, -0.15) is 0 Å². The molecule has 1 aliphatic heterocycles. The SMILES string of the molecule is CSc1cccc(NC2CCCN(C)C2)c1. The molecule has 0 radical (unpaired) electrons. The number of benzene rings is 1. The molecule has 0 amide bonds. The lowest BCUT2D eigenvalue weighted by molar-refractivity contribution is 0.261. The number of piperidine rings is 1. The quantitative estimate of drug-likeness (QED) is 0.812. The number of rotatable bonds is 3. The molecule has 0 aliphatic carbocycles. The summed E-state index contributed by atoms with van der Waals surface area (Å²) in [5.74, 6) is 0. The topological polar surface area (TPSA) is 15.3 Å². The van der Waals surface area contributed by atoms with Crippen LogP contribution in [0, 0.1) is 0 Å². The predicted octanol–water partition coefficient (Wildman–Crippen LogP) is 2.91. The lowest BCUT2D eigenvalue weighted by Gasteiger charge is -2.31. The molecular weight excluding hydrogens is 216 g/mol. The van der Waals surface area contributed by atoms with Crippen molar-refractivity contribution in [2.75, 3.05) is 31.7 Å². The Morgan fingerprint density at radius 2 is 2.31 bits per heavy atom. The number of likely N-dealkylation sites (tertiary alicyclic amines) is 1. The summed E-state index contributed by atoms with van der Waals surface area (Å²) < 4.78 is 0. The molecule has 1 atom stereocenters. The van der Waals surface area contributed by atoms with Crippen molar-refractivity contribution in [1.82, 2.24) is 4.90 Å². The Labute approximate surface area is 102 Å². The zero-order valence-electron chi connectivity index (χ0n) is 10.1. The highest BCUT2D eigenvalue weighted by atomic mass is 32.2. The minimum atomic E-state index is 0.607. The van der Waals surface area contributed by atoms with Crippen molar-refractivity contribution >= 4 is 17.4 Å². The Hall–Kier alpha value is -0.670. The van der Waals surface area contributed by atoms with Crippen molar-refractivity contribution in [2.24, 2.45) is 0 Å². The first kappa shape index (κ1) is 11.8. The zero-order chi connectivity index (χ0) is 11.4. The summed E-state index contributed by atoms with van der Waals surface area (Å²) in [5.41, 5.74) is 1.26. The standard InChI is InChI=1S/C13H20N2S/c1-15-8-4-6-12(10-15)14-11-5-3-7-13(9-11)16-2/h3,5,7,9,12,14H,4,6,8,10H2,1-2H3. The molecule has 16 heavy (non-hydrogen) atoms. The first-order valence-corrected chi connectivity index (χ1v) is 7.09. The number of thioether (sulfide) groups is 1. The van der Waals surface area contributed by atoms with Gasteiger partial charge in [-0.05, 0) is 50.9 Å². The van der Waals surface area contributed by atoms with Crippen molar-refractivity contribution in [1.29, 1.82) is 0 Å². The summed E-state index contributed by atoms with van der Waals surface area (Å²) >= 11 is 1.80. The van der Waals surface area contributed by atoms with Crippen LogP contribution in [-0.4, -0.2) is 37.3 Å². The molecule has 1 fully saturated rings. The predicted molar refractivity (Wildman–Crippen MR) is 72.4 cm³/mol. The maximum absolute atomic E-state index is 3.63. The van der Waals surface area contributed by atoms with Gasteiger partial charge in [-0.3, -0.25) is 0 Å². The van der Waals surface area contributed by atoms with Crippen LogP contribution in [0.15, 0.2) is 29.2 Å². The first-order chi connectivity index (χ1) is 7.78. The largest absolute Gasteiger partial charge is 0.381 e. The average molecular weight is 236 g/mol. The van der Waals surface area contributed by atoms with E-state index in [0.29, 0.717) is 6.04 Å². The molecule has 1 aromatic carbocycles. The van der Waals surface area contributed by atoms with Gasteiger partial charge in [0, 0.05) is 23.2 Å². The van der Waals surface area contributed by atoms with Gasteiger partial charge in [0.25, 0.3) is 0 Å². The molecule has 3 heteroatoms. The average Bonchev–Trinajstić information content (AvgIpc) is 2.29. The van der Waals surface area contributed by atoms with E-state index in [0.717, 1.165) is 6.54 Å². The van der Waals surface area contributed by atoms with E-state index in [4.69, 9.17) is 0 Å². The molecule has 1 unspecified atom stereocenters. The van der Waals surface area contributed by atoms with E-state index in [9.17, 15) is 0 Å². The number of likely N-dealkylation sites (N-methyl/N-ethyl adjacent to an activating group) is 1. The molecule has 1 aliphatic rings. The van der Waals surface area contributed by atoms with E-state index >= 15 is 0 Å². The summed E-state index contributed by atoms with van der Waals surface area (Å²) in [4.78, 5) is 3.73. The van der Waals surface area contributed by atoms with Crippen molar-refractivity contribution < 1.29 is 0 Å². The van der Waals surface area contributed by atoms with Gasteiger partial charge in [0.1, 0.15) is 0 Å². The van der Waals surface area contributed by atoms with Gasteiger partial charge >= 0.3 is 0 Å². The van der Waals surface area contributed by atoms with Crippen LogP contribution in [0.5, 0.6) is 0 Å². The second-order valence-electron chi connectivity index (χ2n) is 4.48. The third-order valence-corrected chi connectivity index (χ3v) is 3.79. The summed E-state index contributed by atoms with van der Waals surface area (Å²) in [5, 5.41) is 3.63. The van der Waals surface area contributed by atoms with Gasteiger partial charge in [-0.1, -0.05) is 6.07 Å². The lowest BCUT2D eigenvalue weighted by atomic mass is 10.1. The Morgan fingerprint density at radius 3 is 3.06 bits per heavy atom. The number of hydrogen-bond donors (Lipinski definition) is 1. The van der Waals surface area contributed by atoms with Crippen LogP contribution >= 0.6 is 11.8 Å². The van der Waals surface area contributed by atoms with Crippen molar-refractivity contribution in [3.05, 3.63) is 24.3 Å². The van der Waals surface area contributed by atoms with Crippen molar-refractivity contribution in [2.45, 2.75) is 23.8 Å². The maximum Gasteiger partial charge on any atom is 0.0388 e. The van der Waals surface area contributed by atoms with Gasteiger partial charge in [0.15, 0.2) is 0 Å². The summed E-state index contributed by atoms with van der Waals surface area (Å²) in [6.45, 7) is 2.40. The van der Waals surface area contributed by atoms with E-state index in [2.05, 4.69) is 47.8 Å². The van der Waals surface area contributed by atoms with Gasteiger partial charge in [0.2, 0.25) is 0 Å². The third kappa shape index (κ3) is 3.16. The van der Waals surface area contributed by atoms with Gasteiger partial charge in [-0.15, -0.1) is 11.8 Å². The van der Waals surface area contributed by atoms with Crippen LogP contribution in [0.1, 0.15) is 12.8 Å². The minimum absolute atomic E-state index is 0.607. The molecule has 0 spiro atoms. The molecule has 2 nitrogen and oxygen atoms in total. The highest BCUT2D eigenvalue weighted by Crippen LogP contribution is 2.21. The normalized spacial score (nSPS) is 22.0. The maximum atomic E-state index is 3.63. The highest BCUT2D eigenvalue weighted by molar-refractivity contribution is 7.98. The zero-order valence-corrected chi connectivity index (χ0v) is 10.9. The minimum Gasteiger partial charge on any atom is -0.381 e. The number of nitrogens with zero attached hydrogens (tertiary/aromatic N) is 1. The molecular formula is C13H20N2S. The number of hydrogen-bond acceptors (Lipinski definition) is 3. The molecule has 1 heterocycles. The monoisotopic (exact) mass is 236 g/mol. The van der Waals surface area contributed by atoms with Crippen molar-refractivity contribution in [3.8, 4) is 0 Å². The first-order valence-electron chi connectivity index (χ1n) is 5.87. The van der Waals surface area contributed by atoms with E-state index in [1.807, 2.05) is 0 Å². The van der Waals surface area contributed by atoms with Crippen LogP contribution < -0.4 is 5.32 Å². The highest BCUT2D eigenvalue weighted by Gasteiger charge is 2.16. The van der Waals surface area contributed by atoms with E-state index in [1.54, 1.807) is 11.8 Å². The molecule has 0 bridgehead atoms. The Bertz CT molecular complexity index is 340. The summed E-state index contributed by atoms with van der Waals surface area (Å²) in [7, 11) is 2.20. The fourth-order valence-corrected chi connectivity index (χ4v) is 2.69. The van der Waals surface area contributed by atoms with E-state index in [-0.39, 0.29) is 0 Å². The second kappa shape index (κ2) is 5.60. The summed E-state index contributed by atoms with van der Waals surface area (Å²) in [6.07, 6.45) is 4.71. The van der Waals surface area contributed by atoms with E-state index < -0.39 is 0 Å². The lowest BCUT2D eigenvalue weighted by Crippen LogP contribution is -2.39. The number of nitrogens with one attached hydrogen (secondary N) is 1. The third-order valence-electron chi connectivity index (χ3n) is 3.07. The molecule has 88 valence electrons. The van der Waals surface area contributed by atoms with E-state index in [1.165, 1.54) is 30.0 Å². The molecule has 2 rings (SSSR count). The number of anilines is 1. The second-order valence-corrected chi connectivity index (χ2v) is 5.36. The van der Waals surface area contributed by atoms with Gasteiger partial charge in [0.05, 0.1) is 0 Å². The van der Waals surface area contributed by atoms with Gasteiger partial charge in [-0.25, -0.2) is 0 Å². The van der Waals surface area contributed by atoms with Crippen LogP contribution in [0.4, 0.5) is 5.69 Å². The van der Waals surface area contributed by atoms with Crippen molar-refractivity contribution in [3.63, 3.8) is 0 Å². The Kier molecular flexibility index (Phi) is 4.13. The molecule has 0 saturated carbocycles. The molecule has 1 N–H and O–H groups in total. The van der Waals surface area contributed by atoms with Crippen LogP contribution in [-0.2, 0) is 0 Å². The Morgan fingerprint density at radius 1 is 1.44 bits per heavy atom. The molecule has 0 aromatic heterocycles. The van der Waals surface area contributed by atoms with Crippen LogP contribution in [0.25, 0.3) is 0 Å². The molecule has 1 aromatic rings. The van der Waals surface area contributed by atoms with Crippen LogP contribution in [0.3, 0.4) is 0 Å². The molecule has 1 saturated heterocycles. The Balaban J connectivity index is 1.97. The smallest absolute Gasteiger partial charge is 0.0388 e. The fourth-order valence-electron chi connectivity index (χ4n) is 2.23. The van der Waals surface area contributed by atoms with Gasteiger partial charge < -0.3 is 10.2 Å². The van der Waals surface area contributed by atoms with Crippen LogP contribution in [0.2, 0.25) is 0 Å².